The van der Waals surface area contributed by atoms with Gasteiger partial charge >= 0.3 is 0 Å². The Morgan fingerprint density at radius 3 is 2.30 bits per heavy atom. The topological polar surface area (TPSA) is 77.0 Å². The highest BCUT2D eigenvalue weighted by molar-refractivity contribution is 5.80. The molecule has 1 amide bonds. The number of aliphatic imine (C=N–C) groups is 1. The number of piperazine rings is 1. The highest BCUT2D eigenvalue weighted by atomic mass is 16.2. The minimum Gasteiger partial charge on any atom is -0.356 e. The molecular weight excluding hydrogens is 378 g/mol. The fourth-order valence-corrected chi connectivity index (χ4v) is 4.01. The fraction of sp³-hybridized carbons (Fsp3) is 0.455. The first-order chi connectivity index (χ1) is 14.7. The molecule has 2 aliphatic heterocycles. The molecule has 2 aliphatic rings. The summed E-state index contributed by atoms with van der Waals surface area (Å²) in [5.74, 6) is 1.90. The number of nitrogens with zero attached hydrogens (tertiary/aromatic N) is 6. The van der Waals surface area contributed by atoms with Crippen molar-refractivity contribution in [1.82, 2.24) is 25.1 Å². The van der Waals surface area contributed by atoms with Crippen LogP contribution in [0.25, 0.3) is 0 Å². The van der Waals surface area contributed by atoms with Gasteiger partial charge in [0.1, 0.15) is 0 Å². The van der Waals surface area contributed by atoms with E-state index >= 15 is 0 Å². The van der Waals surface area contributed by atoms with Crippen LogP contribution in [0.15, 0.2) is 47.7 Å². The van der Waals surface area contributed by atoms with Gasteiger partial charge in [-0.05, 0) is 23.6 Å². The summed E-state index contributed by atoms with van der Waals surface area (Å²) in [5.41, 5.74) is 2.54. The molecule has 0 aliphatic carbocycles. The Labute approximate surface area is 177 Å². The molecule has 0 unspecified atom stereocenters. The summed E-state index contributed by atoms with van der Waals surface area (Å²) < 4.78 is 0. The van der Waals surface area contributed by atoms with Crippen LogP contribution in [0.2, 0.25) is 0 Å². The van der Waals surface area contributed by atoms with E-state index in [1.54, 1.807) is 12.4 Å². The number of rotatable bonds is 5. The molecule has 0 spiro atoms. The number of aromatic nitrogens is 2. The van der Waals surface area contributed by atoms with E-state index in [9.17, 15) is 4.79 Å². The smallest absolute Gasteiger partial charge is 0.225 e. The van der Waals surface area contributed by atoms with Crippen molar-refractivity contribution in [2.75, 3.05) is 44.7 Å². The third-order valence-electron chi connectivity index (χ3n) is 5.67. The first kappa shape index (κ1) is 20.1. The summed E-state index contributed by atoms with van der Waals surface area (Å²) in [6.07, 6.45) is 4.90. The van der Waals surface area contributed by atoms with Crippen molar-refractivity contribution in [2.45, 2.75) is 25.9 Å². The van der Waals surface area contributed by atoms with Crippen molar-refractivity contribution in [3.8, 4) is 0 Å². The van der Waals surface area contributed by atoms with Crippen molar-refractivity contribution < 1.29 is 4.79 Å². The molecule has 1 aromatic carbocycles. The lowest BCUT2D eigenvalue weighted by molar-refractivity contribution is -0.131. The van der Waals surface area contributed by atoms with Crippen LogP contribution in [0.5, 0.6) is 0 Å². The average molecular weight is 408 g/mol. The normalized spacial score (nSPS) is 16.6. The fourth-order valence-electron chi connectivity index (χ4n) is 4.01. The third-order valence-corrected chi connectivity index (χ3v) is 5.67. The van der Waals surface area contributed by atoms with Gasteiger partial charge in [0.15, 0.2) is 5.96 Å². The van der Waals surface area contributed by atoms with Crippen LogP contribution in [-0.4, -0.2) is 71.4 Å². The molecule has 8 nitrogen and oxygen atoms in total. The zero-order valence-corrected chi connectivity index (χ0v) is 17.5. The van der Waals surface area contributed by atoms with Gasteiger partial charge in [-0.1, -0.05) is 24.3 Å². The summed E-state index contributed by atoms with van der Waals surface area (Å²) in [5, 5.41) is 3.41. The maximum atomic E-state index is 12.5. The molecule has 2 aromatic rings. The van der Waals surface area contributed by atoms with Crippen LogP contribution in [0, 0.1) is 0 Å². The zero-order valence-electron chi connectivity index (χ0n) is 17.5. The van der Waals surface area contributed by atoms with Gasteiger partial charge < -0.3 is 20.0 Å². The number of amides is 1. The average Bonchev–Trinajstić information content (AvgIpc) is 3.24. The molecule has 0 radical (unpaired) electrons. The maximum absolute atomic E-state index is 12.5. The van der Waals surface area contributed by atoms with Gasteiger partial charge in [0.05, 0.1) is 0 Å². The van der Waals surface area contributed by atoms with Crippen LogP contribution in [-0.2, 0) is 17.9 Å². The lowest BCUT2D eigenvalue weighted by Crippen LogP contribution is -2.53. The quantitative estimate of drug-likeness (QED) is 0.460. The summed E-state index contributed by atoms with van der Waals surface area (Å²) >= 11 is 0. The van der Waals surface area contributed by atoms with E-state index < -0.39 is 0 Å². The van der Waals surface area contributed by atoms with E-state index in [1.807, 2.05) is 30.1 Å². The number of anilines is 1. The van der Waals surface area contributed by atoms with Gasteiger partial charge in [0.2, 0.25) is 11.9 Å². The number of fused-ring (bicyclic) bond motifs is 1. The second-order valence-electron chi connectivity index (χ2n) is 7.62. The largest absolute Gasteiger partial charge is 0.356 e. The molecule has 1 fully saturated rings. The third kappa shape index (κ3) is 4.69. The van der Waals surface area contributed by atoms with Gasteiger partial charge in [-0.2, -0.15) is 0 Å². The molecule has 1 N–H and O–H groups in total. The molecular formula is C22H29N7O. The Balaban J connectivity index is 1.17. The van der Waals surface area contributed by atoms with E-state index in [0.29, 0.717) is 6.42 Å². The molecule has 4 rings (SSSR count). The number of nitrogens with one attached hydrogen (secondary N) is 1. The molecule has 30 heavy (non-hydrogen) atoms. The minimum atomic E-state index is 0.222. The van der Waals surface area contributed by atoms with E-state index in [1.165, 1.54) is 11.1 Å². The highest BCUT2D eigenvalue weighted by Crippen LogP contribution is 2.22. The van der Waals surface area contributed by atoms with Gasteiger partial charge in [0, 0.05) is 71.7 Å². The second kappa shape index (κ2) is 9.56. The van der Waals surface area contributed by atoms with Crippen LogP contribution in [0.3, 0.4) is 0 Å². The zero-order chi connectivity index (χ0) is 20.8. The summed E-state index contributed by atoms with van der Waals surface area (Å²) in [7, 11) is 1.81. The van der Waals surface area contributed by atoms with E-state index in [2.05, 4.69) is 42.2 Å². The summed E-state index contributed by atoms with van der Waals surface area (Å²) in [6, 6.07) is 10.1. The van der Waals surface area contributed by atoms with Crippen molar-refractivity contribution in [1.29, 1.82) is 0 Å². The van der Waals surface area contributed by atoms with Gasteiger partial charge in [-0.15, -0.1) is 0 Å². The number of hydrogen-bond acceptors (Lipinski definition) is 5. The van der Waals surface area contributed by atoms with Gasteiger partial charge in [-0.3, -0.25) is 9.79 Å². The van der Waals surface area contributed by atoms with Crippen LogP contribution >= 0.6 is 0 Å². The molecule has 1 saturated heterocycles. The molecule has 1 aromatic heterocycles. The highest BCUT2D eigenvalue weighted by Gasteiger charge is 2.23. The molecule has 158 valence electrons. The Bertz CT molecular complexity index is 853. The summed E-state index contributed by atoms with van der Waals surface area (Å²) in [4.78, 5) is 32.0. The lowest BCUT2D eigenvalue weighted by Gasteiger charge is -2.36. The van der Waals surface area contributed by atoms with Gasteiger partial charge in [-0.25, -0.2) is 9.97 Å². The van der Waals surface area contributed by atoms with Crippen LogP contribution in [0.1, 0.15) is 24.0 Å². The number of benzene rings is 1. The Kier molecular flexibility index (Phi) is 6.41. The SMILES string of the molecule is CN=C(NCCCC(=O)N1Cc2ccccc2C1)N1CCN(c2ncccn2)CC1. The first-order valence-electron chi connectivity index (χ1n) is 10.6. The molecule has 0 bridgehead atoms. The Morgan fingerprint density at radius 2 is 1.67 bits per heavy atom. The predicted octanol–water partition coefficient (Wildman–Crippen LogP) is 1.50. The van der Waals surface area contributed by atoms with E-state index in [4.69, 9.17) is 0 Å². The van der Waals surface area contributed by atoms with Crippen molar-refractivity contribution in [3.05, 3.63) is 53.9 Å². The monoisotopic (exact) mass is 407 g/mol. The van der Waals surface area contributed by atoms with Crippen LogP contribution < -0.4 is 10.2 Å². The van der Waals surface area contributed by atoms with Gasteiger partial charge in [0.25, 0.3) is 0 Å². The van der Waals surface area contributed by atoms with Crippen molar-refractivity contribution in [2.24, 2.45) is 4.99 Å². The Morgan fingerprint density at radius 1 is 1.00 bits per heavy atom. The predicted molar refractivity (Wildman–Crippen MR) is 117 cm³/mol. The number of carbonyl (C=O) groups excluding carboxylic acids is 1. The number of hydrogen-bond donors (Lipinski definition) is 1. The lowest BCUT2D eigenvalue weighted by atomic mass is 10.1. The first-order valence-corrected chi connectivity index (χ1v) is 10.6. The molecule has 0 atom stereocenters. The Hall–Kier alpha value is -3.16. The molecule has 3 heterocycles. The maximum Gasteiger partial charge on any atom is 0.225 e. The van der Waals surface area contributed by atoms with E-state index in [-0.39, 0.29) is 5.91 Å². The molecule has 0 saturated carbocycles. The second-order valence-corrected chi connectivity index (χ2v) is 7.62. The number of carbonyl (C=O) groups is 1. The van der Waals surface area contributed by atoms with Crippen LogP contribution in [0.4, 0.5) is 5.95 Å². The van der Waals surface area contributed by atoms with Crippen molar-refractivity contribution >= 4 is 17.8 Å². The van der Waals surface area contributed by atoms with Crippen molar-refractivity contribution in [3.63, 3.8) is 0 Å². The van der Waals surface area contributed by atoms with E-state index in [0.717, 1.165) is 64.1 Å². The standard InChI is InChI=1S/C22H29N7O/c1-23-21(27-12-14-28(15-13-27)22-25-10-5-11-26-22)24-9-4-8-20(30)29-16-18-6-2-3-7-19(18)17-29/h2-3,5-7,10-11H,4,8-9,12-17H2,1H3,(H,23,24). The minimum absolute atomic E-state index is 0.222. The molecule has 8 heteroatoms. The number of guanidine groups is 1. The summed E-state index contributed by atoms with van der Waals surface area (Å²) in [6.45, 7) is 5.66.